The Balaban J connectivity index is 2.02. The van der Waals surface area contributed by atoms with E-state index in [1.54, 1.807) is 0 Å². The van der Waals surface area contributed by atoms with Gasteiger partial charge in [-0.1, -0.05) is 25.3 Å². The van der Waals surface area contributed by atoms with Gasteiger partial charge in [-0.3, -0.25) is 4.79 Å². The molecule has 1 aliphatic rings. The lowest BCUT2D eigenvalue weighted by molar-refractivity contribution is 0.0940. The van der Waals surface area contributed by atoms with Crippen LogP contribution in [0.1, 0.15) is 61.3 Å². The fourth-order valence-electron chi connectivity index (χ4n) is 2.32. The van der Waals surface area contributed by atoms with E-state index in [2.05, 4.69) is 21.8 Å². The molecule has 2 unspecified atom stereocenters. The lowest BCUT2D eigenvalue weighted by Gasteiger charge is -2.12. The number of hydrogen-bond donors (Lipinski definition) is 1. The molecule has 2 rings (SSSR count). The van der Waals surface area contributed by atoms with Crippen LogP contribution in [0.4, 0.5) is 0 Å². The average molecular weight is 253 g/mol. The van der Waals surface area contributed by atoms with Crippen molar-refractivity contribution in [3.63, 3.8) is 0 Å². The molecule has 1 N–H and O–H groups in total. The summed E-state index contributed by atoms with van der Waals surface area (Å²) in [5, 5.41) is 7.13. The average Bonchev–Trinajstić information content (AvgIpc) is 2.86. The molecule has 1 saturated carbocycles. The van der Waals surface area contributed by atoms with Crippen LogP contribution in [0.25, 0.3) is 0 Å². The van der Waals surface area contributed by atoms with Crippen molar-refractivity contribution in [3.05, 3.63) is 10.6 Å². The zero-order valence-corrected chi connectivity index (χ0v) is 11.4. The van der Waals surface area contributed by atoms with E-state index >= 15 is 0 Å². The molecule has 0 saturated heterocycles. The topological polar surface area (TPSA) is 54.9 Å². The molecule has 0 bridgehead atoms. The molecule has 1 aromatic heterocycles. The highest BCUT2D eigenvalue weighted by Crippen LogP contribution is 2.26. The van der Waals surface area contributed by atoms with E-state index in [0.29, 0.717) is 10.9 Å². The zero-order valence-electron chi connectivity index (χ0n) is 10.6. The summed E-state index contributed by atoms with van der Waals surface area (Å²) in [7, 11) is 0. The second kappa shape index (κ2) is 5.12. The molecular formula is C12H19N3OS. The quantitative estimate of drug-likeness (QED) is 0.900. The van der Waals surface area contributed by atoms with Gasteiger partial charge in [-0.05, 0) is 42.6 Å². The third kappa shape index (κ3) is 2.83. The molecule has 5 heteroatoms. The summed E-state index contributed by atoms with van der Waals surface area (Å²) in [6, 6.07) is 0.333. The minimum Gasteiger partial charge on any atom is -0.348 e. The van der Waals surface area contributed by atoms with Crippen LogP contribution < -0.4 is 5.32 Å². The van der Waals surface area contributed by atoms with E-state index in [-0.39, 0.29) is 11.8 Å². The minimum absolute atomic E-state index is 0.00259. The number of carbonyl (C=O) groups is 1. The molecule has 17 heavy (non-hydrogen) atoms. The number of amides is 1. The predicted molar refractivity (Wildman–Crippen MR) is 68.3 cm³/mol. The molecule has 0 aromatic carbocycles. The van der Waals surface area contributed by atoms with Gasteiger partial charge in [-0.2, -0.15) is 0 Å². The van der Waals surface area contributed by atoms with Crippen molar-refractivity contribution in [3.8, 4) is 0 Å². The molecule has 1 heterocycles. The molecule has 4 nitrogen and oxygen atoms in total. The minimum atomic E-state index is 0.00259. The van der Waals surface area contributed by atoms with Crippen LogP contribution in [0, 0.1) is 5.92 Å². The zero-order chi connectivity index (χ0) is 12.4. The highest BCUT2D eigenvalue weighted by Gasteiger charge is 2.25. The van der Waals surface area contributed by atoms with Gasteiger partial charge in [0.1, 0.15) is 4.88 Å². The first-order chi connectivity index (χ1) is 8.08. The molecule has 94 valence electrons. The smallest absolute Gasteiger partial charge is 0.265 e. The second-order valence-corrected chi connectivity index (χ2v) is 5.98. The van der Waals surface area contributed by atoms with E-state index in [0.717, 1.165) is 24.5 Å². The van der Waals surface area contributed by atoms with Crippen LogP contribution in [-0.4, -0.2) is 21.5 Å². The summed E-state index contributed by atoms with van der Waals surface area (Å²) in [6.45, 7) is 6.30. The van der Waals surface area contributed by atoms with Crippen LogP contribution in [-0.2, 0) is 0 Å². The molecule has 0 spiro atoms. The van der Waals surface area contributed by atoms with Crippen molar-refractivity contribution >= 4 is 17.4 Å². The van der Waals surface area contributed by atoms with E-state index in [1.807, 2.05) is 13.8 Å². The first-order valence-electron chi connectivity index (χ1n) is 6.21. The Morgan fingerprint density at radius 3 is 2.82 bits per heavy atom. The summed E-state index contributed by atoms with van der Waals surface area (Å²) in [6.07, 6.45) is 3.40. The number of carbonyl (C=O) groups excluding carboxylic acids is 1. The fourth-order valence-corrected chi connectivity index (χ4v) is 3.04. The molecular weight excluding hydrogens is 234 g/mol. The highest BCUT2D eigenvalue weighted by atomic mass is 32.1. The number of nitrogens with zero attached hydrogens (tertiary/aromatic N) is 2. The van der Waals surface area contributed by atoms with Gasteiger partial charge in [0, 0.05) is 6.04 Å². The summed E-state index contributed by atoms with van der Waals surface area (Å²) >= 11 is 1.20. The van der Waals surface area contributed by atoms with Crippen molar-refractivity contribution in [2.45, 2.75) is 52.0 Å². The maximum atomic E-state index is 12.1. The van der Waals surface area contributed by atoms with E-state index < -0.39 is 0 Å². The van der Waals surface area contributed by atoms with Crippen molar-refractivity contribution < 1.29 is 4.79 Å². The van der Waals surface area contributed by atoms with Crippen LogP contribution in [0.15, 0.2) is 0 Å². The van der Waals surface area contributed by atoms with Gasteiger partial charge in [0.05, 0.1) is 5.69 Å². The molecule has 1 aliphatic carbocycles. The standard InChI is InChI=1S/C12H19N3OS/c1-7(2)10-11(17-15-14-10)12(16)13-9-5-4-8(3)6-9/h7-9H,4-6H2,1-3H3,(H,13,16). The van der Waals surface area contributed by atoms with E-state index in [1.165, 1.54) is 18.0 Å². The van der Waals surface area contributed by atoms with Gasteiger partial charge < -0.3 is 5.32 Å². The van der Waals surface area contributed by atoms with Gasteiger partial charge in [0.25, 0.3) is 5.91 Å². The number of hydrogen-bond acceptors (Lipinski definition) is 4. The van der Waals surface area contributed by atoms with Gasteiger partial charge in [0.15, 0.2) is 0 Å². The van der Waals surface area contributed by atoms with Crippen molar-refractivity contribution in [2.75, 3.05) is 0 Å². The number of rotatable bonds is 3. The SMILES string of the molecule is CC1CCC(NC(=O)c2snnc2C(C)C)C1. The fraction of sp³-hybridized carbons (Fsp3) is 0.750. The van der Waals surface area contributed by atoms with Gasteiger partial charge in [0.2, 0.25) is 0 Å². The van der Waals surface area contributed by atoms with Gasteiger partial charge >= 0.3 is 0 Å². The lowest BCUT2D eigenvalue weighted by atomic mass is 10.1. The van der Waals surface area contributed by atoms with E-state index in [9.17, 15) is 4.79 Å². The number of aromatic nitrogens is 2. The Hall–Kier alpha value is -0.970. The molecule has 1 fully saturated rings. The number of nitrogens with one attached hydrogen (secondary N) is 1. The molecule has 1 amide bonds. The van der Waals surface area contributed by atoms with E-state index in [4.69, 9.17) is 0 Å². The summed E-state index contributed by atoms with van der Waals surface area (Å²) < 4.78 is 3.88. The summed E-state index contributed by atoms with van der Waals surface area (Å²) in [5.41, 5.74) is 0.818. The third-order valence-electron chi connectivity index (χ3n) is 3.30. The second-order valence-electron chi connectivity index (χ2n) is 5.23. The van der Waals surface area contributed by atoms with Crippen LogP contribution in [0.3, 0.4) is 0 Å². The first kappa shape index (κ1) is 12.5. The third-order valence-corrected chi connectivity index (χ3v) is 4.04. The van der Waals surface area contributed by atoms with Crippen LogP contribution in [0.5, 0.6) is 0 Å². The Labute approximate surface area is 106 Å². The van der Waals surface area contributed by atoms with Gasteiger partial charge in [-0.25, -0.2) is 0 Å². The molecule has 0 aliphatic heterocycles. The predicted octanol–water partition coefficient (Wildman–Crippen LogP) is 2.58. The van der Waals surface area contributed by atoms with Crippen LogP contribution in [0.2, 0.25) is 0 Å². The first-order valence-corrected chi connectivity index (χ1v) is 6.98. The van der Waals surface area contributed by atoms with Crippen molar-refractivity contribution in [1.82, 2.24) is 14.9 Å². The largest absolute Gasteiger partial charge is 0.348 e. The Morgan fingerprint density at radius 1 is 1.47 bits per heavy atom. The summed E-state index contributed by atoms with van der Waals surface area (Å²) in [5.74, 6) is 0.976. The van der Waals surface area contributed by atoms with Crippen LogP contribution >= 0.6 is 11.5 Å². The summed E-state index contributed by atoms with van der Waals surface area (Å²) in [4.78, 5) is 12.8. The normalized spacial score (nSPS) is 24.2. The van der Waals surface area contributed by atoms with Gasteiger partial charge in [-0.15, -0.1) is 5.10 Å². The lowest BCUT2D eigenvalue weighted by Crippen LogP contribution is -2.33. The molecule has 1 aromatic rings. The Bertz CT molecular complexity index is 402. The van der Waals surface area contributed by atoms with Crippen molar-refractivity contribution in [2.24, 2.45) is 5.92 Å². The Morgan fingerprint density at radius 2 is 2.24 bits per heavy atom. The molecule has 2 atom stereocenters. The molecule has 0 radical (unpaired) electrons. The monoisotopic (exact) mass is 253 g/mol. The Kier molecular flexibility index (Phi) is 3.76. The van der Waals surface area contributed by atoms with Crippen molar-refractivity contribution in [1.29, 1.82) is 0 Å². The maximum absolute atomic E-state index is 12.1. The maximum Gasteiger partial charge on any atom is 0.265 e. The highest BCUT2D eigenvalue weighted by molar-refractivity contribution is 7.08.